The fourth-order valence-electron chi connectivity index (χ4n) is 1.20. The molecule has 5 nitrogen and oxygen atoms in total. The summed E-state index contributed by atoms with van der Waals surface area (Å²) in [4.78, 5) is 10.7. The molecule has 0 spiro atoms. The van der Waals surface area contributed by atoms with E-state index in [4.69, 9.17) is 4.42 Å². The number of anilines is 1. The second-order valence-electron chi connectivity index (χ2n) is 3.22. The van der Waals surface area contributed by atoms with E-state index < -0.39 is 11.6 Å². The highest BCUT2D eigenvalue weighted by Gasteiger charge is 2.14. The summed E-state index contributed by atoms with van der Waals surface area (Å²) in [5, 5.41) is 9.27. The normalized spacial score (nSPS) is 10.3. The monoisotopic (exact) mass is 239 g/mol. The Morgan fingerprint density at radius 1 is 1.35 bits per heavy atom. The van der Waals surface area contributed by atoms with Crippen LogP contribution in [-0.4, -0.2) is 16.1 Å². The summed E-state index contributed by atoms with van der Waals surface area (Å²) in [5.41, 5.74) is -0.0319. The fraction of sp³-hybridized carbons (Fsp3) is 0.100. The van der Waals surface area contributed by atoms with Crippen molar-refractivity contribution in [2.24, 2.45) is 0 Å². The number of amides is 1. The molecule has 7 heteroatoms. The first-order valence-electron chi connectivity index (χ1n) is 4.63. The lowest BCUT2D eigenvalue weighted by Gasteiger charge is -1.97. The molecule has 1 aromatic carbocycles. The van der Waals surface area contributed by atoms with E-state index in [-0.39, 0.29) is 23.4 Å². The minimum absolute atomic E-state index is 0.0319. The SMILES string of the molecule is CC(=O)Nc1nnc(-c2ccc(F)cc2F)o1. The summed E-state index contributed by atoms with van der Waals surface area (Å²) in [5.74, 6) is -2.04. The number of benzene rings is 1. The van der Waals surface area contributed by atoms with Crippen molar-refractivity contribution in [2.45, 2.75) is 6.92 Å². The van der Waals surface area contributed by atoms with Gasteiger partial charge in [0.2, 0.25) is 5.91 Å². The lowest BCUT2D eigenvalue weighted by Crippen LogP contribution is -2.05. The standard InChI is InChI=1S/C10H7F2N3O2/c1-5(16)13-10-15-14-9(17-10)7-3-2-6(11)4-8(7)12/h2-4H,1H3,(H,13,15,16). The van der Waals surface area contributed by atoms with Gasteiger partial charge in [-0.15, -0.1) is 5.10 Å². The molecule has 0 aliphatic heterocycles. The van der Waals surface area contributed by atoms with Gasteiger partial charge in [0.25, 0.3) is 5.89 Å². The lowest BCUT2D eigenvalue weighted by atomic mass is 10.2. The molecule has 2 aromatic rings. The summed E-state index contributed by atoms with van der Waals surface area (Å²) in [6.45, 7) is 1.27. The average molecular weight is 239 g/mol. The van der Waals surface area contributed by atoms with Gasteiger partial charge in [-0.3, -0.25) is 10.1 Å². The number of nitrogens with one attached hydrogen (secondary N) is 1. The van der Waals surface area contributed by atoms with Crippen LogP contribution in [0.4, 0.5) is 14.8 Å². The van der Waals surface area contributed by atoms with Gasteiger partial charge < -0.3 is 4.42 Å². The summed E-state index contributed by atoms with van der Waals surface area (Å²) in [6, 6.07) is 2.81. The Labute approximate surface area is 94.5 Å². The predicted molar refractivity (Wildman–Crippen MR) is 54.0 cm³/mol. The van der Waals surface area contributed by atoms with Crippen LogP contribution in [0.15, 0.2) is 22.6 Å². The Hall–Kier alpha value is -2.31. The molecule has 0 aliphatic rings. The van der Waals surface area contributed by atoms with E-state index in [1.54, 1.807) is 0 Å². The number of aromatic nitrogens is 2. The van der Waals surface area contributed by atoms with Crippen molar-refractivity contribution < 1.29 is 18.0 Å². The van der Waals surface area contributed by atoms with Crippen LogP contribution in [-0.2, 0) is 4.79 Å². The first-order chi connectivity index (χ1) is 8.06. The molecule has 0 atom stereocenters. The predicted octanol–water partition coefficient (Wildman–Crippen LogP) is 1.97. The Bertz CT molecular complexity index is 568. The van der Waals surface area contributed by atoms with Crippen LogP contribution >= 0.6 is 0 Å². The van der Waals surface area contributed by atoms with Crippen molar-refractivity contribution >= 4 is 11.9 Å². The van der Waals surface area contributed by atoms with E-state index in [0.717, 1.165) is 6.07 Å². The number of carbonyl (C=O) groups is 1. The lowest BCUT2D eigenvalue weighted by molar-refractivity contribution is -0.114. The Kier molecular flexibility index (Phi) is 2.82. The third-order valence-corrected chi connectivity index (χ3v) is 1.87. The van der Waals surface area contributed by atoms with Crippen molar-refractivity contribution in [3.8, 4) is 11.5 Å². The van der Waals surface area contributed by atoms with Crippen molar-refractivity contribution in [2.75, 3.05) is 5.32 Å². The molecule has 88 valence electrons. The summed E-state index contributed by atoms with van der Waals surface area (Å²) in [6.07, 6.45) is 0. The zero-order chi connectivity index (χ0) is 12.4. The molecule has 17 heavy (non-hydrogen) atoms. The first-order valence-corrected chi connectivity index (χ1v) is 4.63. The summed E-state index contributed by atoms with van der Waals surface area (Å²) in [7, 11) is 0. The molecule has 0 saturated heterocycles. The maximum atomic E-state index is 13.4. The minimum atomic E-state index is -0.817. The third-order valence-electron chi connectivity index (χ3n) is 1.87. The Morgan fingerprint density at radius 3 is 2.76 bits per heavy atom. The van der Waals surface area contributed by atoms with Gasteiger partial charge in [0.1, 0.15) is 11.6 Å². The number of carbonyl (C=O) groups excluding carboxylic acids is 1. The van der Waals surface area contributed by atoms with Gasteiger partial charge in [-0.1, -0.05) is 5.10 Å². The van der Waals surface area contributed by atoms with Gasteiger partial charge in [0, 0.05) is 13.0 Å². The highest BCUT2D eigenvalue weighted by atomic mass is 19.1. The molecule has 0 unspecified atom stereocenters. The van der Waals surface area contributed by atoms with Crippen LogP contribution in [0.1, 0.15) is 6.92 Å². The van der Waals surface area contributed by atoms with E-state index in [2.05, 4.69) is 15.5 Å². The van der Waals surface area contributed by atoms with Gasteiger partial charge in [-0.25, -0.2) is 8.78 Å². The molecule has 1 heterocycles. The molecule has 0 fully saturated rings. The van der Waals surface area contributed by atoms with E-state index >= 15 is 0 Å². The third kappa shape index (κ3) is 2.44. The zero-order valence-electron chi connectivity index (χ0n) is 8.70. The topological polar surface area (TPSA) is 68.0 Å². The van der Waals surface area contributed by atoms with E-state index in [1.165, 1.54) is 13.0 Å². The molecule has 1 aromatic heterocycles. The van der Waals surface area contributed by atoms with Gasteiger partial charge in [0.15, 0.2) is 0 Å². The average Bonchev–Trinajstić information content (AvgIpc) is 2.65. The summed E-state index contributed by atoms with van der Waals surface area (Å²) < 4.78 is 31.0. The van der Waals surface area contributed by atoms with Crippen LogP contribution < -0.4 is 5.32 Å². The van der Waals surface area contributed by atoms with Gasteiger partial charge >= 0.3 is 6.01 Å². The molecular weight excluding hydrogens is 232 g/mol. The maximum absolute atomic E-state index is 13.4. The second-order valence-corrected chi connectivity index (χ2v) is 3.22. The molecule has 0 radical (unpaired) electrons. The fourth-order valence-corrected chi connectivity index (χ4v) is 1.20. The largest absolute Gasteiger partial charge is 0.403 e. The summed E-state index contributed by atoms with van der Waals surface area (Å²) >= 11 is 0. The van der Waals surface area contributed by atoms with Crippen molar-refractivity contribution in [1.82, 2.24) is 10.2 Å². The second kappa shape index (κ2) is 4.28. The van der Waals surface area contributed by atoms with Crippen LogP contribution in [0, 0.1) is 11.6 Å². The van der Waals surface area contributed by atoms with Crippen LogP contribution in [0.2, 0.25) is 0 Å². The molecule has 2 rings (SSSR count). The number of hydrogen-bond donors (Lipinski definition) is 1. The van der Waals surface area contributed by atoms with Crippen molar-refractivity contribution in [3.63, 3.8) is 0 Å². The molecule has 1 N–H and O–H groups in total. The molecule has 1 amide bonds. The Morgan fingerprint density at radius 2 is 2.12 bits per heavy atom. The van der Waals surface area contributed by atoms with Crippen LogP contribution in [0.5, 0.6) is 0 Å². The number of halogens is 2. The molecule has 0 bridgehead atoms. The molecule has 0 aliphatic carbocycles. The first kappa shape index (κ1) is 11.2. The maximum Gasteiger partial charge on any atom is 0.322 e. The van der Waals surface area contributed by atoms with E-state index in [1.807, 2.05) is 0 Å². The van der Waals surface area contributed by atoms with Gasteiger partial charge in [0.05, 0.1) is 5.56 Å². The van der Waals surface area contributed by atoms with Crippen molar-refractivity contribution in [1.29, 1.82) is 0 Å². The van der Waals surface area contributed by atoms with E-state index in [9.17, 15) is 13.6 Å². The molecule has 0 saturated carbocycles. The minimum Gasteiger partial charge on any atom is -0.403 e. The van der Waals surface area contributed by atoms with Gasteiger partial charge in [-0.2, -0.15) is 0 Å². The quantitative estimate of drug-likeness (QED) is 0.869. The van der Waals surface area contributed by atoms with Crippen LogP contribution in [0.25, 0.3) is 11.5 Å². The number of hydrogen-bond acceptors (Lipinski definition) is 4. The Balaban J connectivity index is 2.33. The smallest absolute Gasteiger partial charge is 0.322 e. The zero-order valence-corrected chi connectivity index (χ0v) is 8.70. The molecular formula is C10H7F2N3O2. The highest BCUT2D eigenvalue weighted by Crippen LogP contribution is 2.23. The highest BCUT2D eigenvalue weighted by molar-refractivity contribution is 5.86. The van der Waals surface area contributed by atoms with E-state index in [0.29, 0.717) is 6.07 Å². The van der Waals surface area contributed by atoms with Crippen LogP contribution in [0.3, 0.4) is 0 Å². The number of rotatable bonds is 2. The van der Waals surface area contributed by atoms with Crippen molar-refractivity contribution in [3.05, 3.63) is 29.8 Å². The van der Waals surface area contributed by atoms with Gasteiger partial charge in [-0.05, 0) is 12.1 Å². The number of nitrogens with zero attached hydrogens (tertiary/aromatic N) is 2.